The van der Waals surface area contributed by atoms with Gasteiger partial charge in [0.25, 0.3) is 0 Å². The molecule has 0 aromatic carbocycles. The van der Waals surface area contributed by atoms with Crippen molar-refractivity contribution in [3.05, 3.63) is 23.5 Å². The molecular weight excluding hydrogens is 210 g/mol. The SMILES string of the molecule is CCOC(=O)c1ccn2c1C(O)N(C)C=N2. The summed E-state index contributed by atoms with van der Waals surface area (Å²) in [5.74, 6) is -0.444. The molecule has 0 radical (unpaired) electrons. The Kier molecular flexibility index (Phi) is 2.66. The minimum Gasteiger partial charge on any atom is -0.462 e. The largest absolute Gasteiger partial charge is 0.462 e. The third-order valence-corrected chi connectivity index (χ3v) is 2.39. The van der Waals surface area contributed by atoms with Crippen molar-refractivity contribution in [1.82, 2.24) is 9.58 Å². The van der Waals surface area contributed by atoms with E-state index < -0.39 is 12.2 Å². The smallest absolute Gasteiger partial charge is 0.340 e. The van der Waals surface area contributed by atoms with Gasteiger partial charge in [0.2, 0.25) is 0 Å². The van der Waals surface area contributed by atoms with Gasteiger partial charge in [-0.05, 0) is 13.0 Å². The molecule has 0 saturated carbocycles. The first kappa shape index (κ1) is 10.7. The summed E-state index contributed by atoms with van der Waals surface area (Å²) >= 11 is 0. The van der Waals surface area contributed by atoms with Gasteiger partial charge < -0.3 is 14.7 Å². The summed E-state index contributed by atoms with van der Waals surface area (Å²) in [6, 6.07) is 1.59. The molecule has 1 aromatic rings. The number of nitrogens with zero attached hydrogens (tertiary/aromatic N) is 3. The Hall–Kier alpha value is -1.82. The minimum absolute atomic E-state index is 0.304. The lowest BCUT2D eigenvalue weighted by Crippen LogP contribution is -2.30. The highest BCUT2D eigenvalue weighted by atomic mass is 16.5. The van der Waals surface area contributed by atoms with Crippen molar-refractivity contribution in [3.63, 3.8) is 0 Å². The molecule has 2 rings (SSSR count). The maximum Gasteiger partial charge on any atom is 0.340 e. The number of carbonyl (C=O) groups is 1. The van der Waals surface area contributed by atoms with Gasteiger partial charge >= 0.3 is 5.97 Å². The molecule has 6 nitrogen and oxygen atoms in total. The second-order valence-corrected chi connectivity index (χ2v) is 3.45. The molecule has 0 spiro atoms. The molecule has 16 heavy (non-hydrogen) atoms. The Morgan fingerprint density at radius 2 is 2.44 bits per heavy atom. The van der Waals surface area contributed by atoms with Gasteiger partial charge in [-0.3, -0.25) is 0 Å². The van der Waals surface area contributed by atoms with E-state index in [1.54, 1.807) is 26.2 Å². The van der Waals surface area contributed by atoms with Crippen LogP contribution in [0.2, 0.25) is 0 Å². The first-order valence-electron chi connectivity index (χ1n) is 4.98. The molecule has 0 saturated heterocycles. The molecule has 6 heteroatoms. The van der Waals surface area contributed by atoms with Gasteiger partial charge in [0.05, 0.1) is 12.2 Å². The highest BCUT2D eigenvalue weighted by molar-refractivity contribution is 5.91. The van der Waals surface area contributed by atoms with Gasteiger partial charge in [0.1, 0.15) is 12.0 Å². The summed E-state index contributed by atoms with van der Waals surface area (Å²) < 4.78 is 6.37. The molecule has 0 aliphatic carbocycles. The highest BCUT2D eigenvalue weighted by Crippen LogP contribution is 2.24. The van der Waals surface area contributed by atoms with E-state index in [0.29, 0.717) is 17.9 Å². The lowest BCUT2D eigenvalue weighted by atomic mass is 10.2. The number of fused-ring (bicyclic) bond motifs is 1. The Labute approximate surface area is 92.7 Å². The summed E-state index contributed by atoms with van der Waals surface area (Å²) in [6.45, 7) is 2.04. The van der Waals surface area contributed by atoms with E-state index in [1.807, 2.05) is 0 Å². The summed E-state index contributed by atoms with van der Waals surface area (Å²) in [7, 11) is 1.68. The average Bonchev–Trinajstić information content (AvgIpc) is 2.68. The molecule has 86 valence electrons. The summed E-state index contributed by atoms with van der Waals surface area (Å²) in [4.78, 5) is 13.1. The van der Waals surface area contributed by atoms with Gasteiger partial charge in [-0.15, -0.1) is 0 Å². The summed E-state index contributed by atoms with van der Waals surface area (Å²) in [5, 5.41) is 14.0. The van der Waals surface area contributed by atoms with E-state index in [-0.39, 0.29) is 0 Å². The average molecular weight is 223 g/mol. The van der Waals surface area contributed by atoms with Gasteiger partial charge in [-0.1, -0.05) is 0 Å². The standard InChI is InChI=1S/C10H13N3O3/c1-3-16-10(15)7-4-5-13-8(7)9(14)12(2)6-11-13/h4-6,9,14H,3H2,1-2H3. The molecule has 1 aliphatic rings. The number of aliphatic hydroxyl groups excluding tert-OH is 1. The van der Waals surface area contributed by atoms with Crippen LogP contribution in [-0.4, -0.2) is 40.6 Å². The second-order valence-electron chi connectivity index (χ2n) is 3.45. The quantitative estimate of drug-likeness (QED) is 0.736. The van der Waals surface area contributed by atoms with Crippen LogP contribution in [0.5, 0.6) is 0 Å². The van der Waals surface area contributed by atoms with Crippen molar-refractivity contribution in [2.24, 2.45) is 5.10 Å². The van der Waals surface area contributed by atoms with Crippen molar-refractivity contribution in [2.75, 3.05) is 13.7 Å². The fourth-order valence-corrected chi connectivity index (χ4v) is 1.57. The van der Waals surface area contributed by atoms with Gasteiger partial charge in [-0.25, -0.2) is 9.47 Å². The van der Waals surface area contributed by atoms with Crippen molar-refractivity contribution >= 4 is 12.3 Å². The molecule has 1 unspecified atom stereocenters. The van der Waals surface area contributed by atoms with Crippen molar-refractivity contribution in [1.29, 1.82) is 0 Å². The van der Waals surface area contributed by atoms with E-state index in [1.165, 1.54) is 15.9 Å². The molecule has 0 bridgehead atoms. The van der Waals surface area contributed by atoms with Crippen molar-refractivity contribution in [2.45, 2.75) is 13.2 Å². The maximum atomic E-state index is 11.6. The van der Waals surface area contributed by atoms with Crippen LogP contribution in [0.15, 0.2) is 17.4 Å². The Bertz CT molecular complexity index is 439. The number of esters is 1. The van der Waals surface area contributed by atoms with Gasteiger partial charge in [0, 0.05) is 13.2 Å². The molecule has 0 fully saturated rings. The van der Waals surface area contributed by atoms with Gasteiger partial charge in [-0.2, -0.15) is 5.10 Å². The van der Waals surface area contributed by atoms with Crippen LogP contribution in [-0.2, 0) is 4.74 Å². The van der Waals surface area contributed by atoms with Crippen LogP contribution in [0.4, 0.5) is 0 Å². The topological polar surface area (TPSA) is 67.1 Å². The van der Waals surface area contributed by atoms with E-state index in [4.69, 9.17) is 4.74 Å². The lowest BCUT2D eigenvalue weighted by Gasteiger charge is -2.25. The third kappa shape index (κ3) is 1.57. The first-order chi connectivity index (χ1) is 7.65. The van der Waals surface area contributed by atoms with E-state index in [0.717, 1.165) is 0 Å². The molecule has 1 aromatic heterocycles. The zero-order chi connectivity index (χ0) is 11.7. The molecule has 1 atom stereocenters. The lowest BCUT2D eigenvalue weighted by molar-refractivity contribution is 0.0456. The van der Waals surface area contributed by atoms with E-state index >= 15 is 0 Å². The summed E-state index contributed by atoms with van der Waals surface area (Å²) in [5.41, 5.74) is 0.779. The van der Waals surface area contributed by atoms with Crippen molar-refractivity contribution in [3.8, 4) is 0 Å². The van der Waals surface area contributed by atoms with E-state index in [2.05, 4.69) is 5.10 Å². The molecule has 1 aliphatic heterocycles. The highest BCUT2D eigenvalue weighted by Gasteiger charge is 2.27. The van der Waals surface area contributed by atoms with Crippen LogP contribution in [0.1, 0.15) is 29.2 Å². The van der Waals surface area contributed by atoms with Crippen LogP contribution in [0.25, 0.3) is 0 Å². The molecule has 0 amide bonds. The van der Waals surface area contributed by atoms with Gasteiger partial charge in [0.15, 0.2) is 6.23 Å². The fourth-order valence-electron chi connectivity index (χ4n) is 1.57. The molecule has 2 heterocycles. The number of carbonyl (C=O) groups excluding carboxylic acids is 1. The fraction of sp³-hybridized carbons (Fsp3) is 0.400. The number of hydrogen-bond acceptors (Lipinski definition) is 5. The Morgan fingerprint density at radius 1 is 1.69 bits per heavy atom. The number of aliphatic hydroxyl groups is 1. The predicted octanol–water partition coefficient (Wildman–Crippen LogP) is 0.393. The summed E-state index contributed by atoms with van der Waals surface area (Å²) in [6.07, 6.45) is 2.23. The zero-order valence-corrected chi connectivity index (χ0v) is 9.12. The van der Waals surface area contributed by atoms with E-state index in [9.17, 15) is 9.90 Å². The van der Waals surface area contributed by atoms with Crippen molar-refractivity contribution < 1.29 is 14.6 Å². The first-order valence-corrected chi connectivity index (χ1v) is 4.98. The van der Waals surface area contributed by atoms with Crippen LogP contribution in [0.3, 0.4) is 0 Å². The van der Waals surface area contributed by atoms with Crippen LogP contribution in [0, 0.1) is 0 Å². The minimum atomic E-state index is -0.882. The predicted molar refractivity (Wildman–Crippen MR) is 57.0 cm³/mol. The third-order valence-electron chi connectivity index (χ3n) is 2.39. The monoisotopic (exact) mass is 223 g/mol. The number of aromatic nitrogens is 1. The van der Waals surface area contributed by atoms with Crippen LogP contribution >= 0.6 is 0 Å². The molecular formula is C10H13N3O3. The number of ether oxygens (including phenoxy) is 1. The second kappa shape index (κ2) is 3.97. The maximum absolute atomic E-state index is 11.6. The number of hydrogen-bond donors (Lipinski definition) is 1. The zero-order valence-electron chi connectivity index (χ0n) is 9.12. The molecule has 1 N–H and O–H groups in total. The number of rotatable bonds is 2. The van der Waals surface area contributed by atoms with Crippen LogP contribution < -0.4 is 0 Å². The normalized spacial score (nSPS) is 18.4. The Balaban J connectivity index is 2.40. The Morgan fingerprint density at radius 3 is 3.12 bits per heavy atom.